The molecule has 2 atom stereocenters. The van der Waals surface area contributed by atoms with Gasteiger partial charge < -0.3 is 14.8 Å². The lowest BCUT2D eigenvalue weighted by Crippen LogP contribution is -2.44. The van der Waals surface area contributed by atoms with Crippen LogP contribution in [0.3, 0.4) is 0 Å². The fourth-order valence-electron chi connectivity index (χ4n) is 3.86. The fraction of sp³-hybridized carbons (Fsp3) is 0.538. The van der Waals surface area contributed by atoms with E-state index in [0.717, 1.165) is 0 Å². The zero-order chi connectivity index (χ0) is 29.3. The molecule has 214 valence electrons. The Balaban J connectivity index is 2.10. The third-order valence-corrected chi connectivity index (χ3v) is 6.85. The molecule has 0 aromatic carbocycles. The minimum atomic E-state index is -1.42. The summed E-state index contributed by atoms with van der Waals surface area (Å²) in [5.41, 5.74) is 0.563. The lowest BCUT2D eigenvalue weighted by atomic mass is 10.0. The van der Waals surface area contributed by atoms with E-state index in [0.29, 0.717) is 27.3 Å². The van der Waals surface area contributed by atoms with E-state index < -0.39 is 35.6 Å². The molecule has 0 saturated heterocycles. The topological polar surface area (TPSA) is 98.1 Å². The summed E-state index contributed by atoms with van der Waals surface area (Å²) in [5, 5.41) is 9.69. The van der Waals surface area contributed by atoms with Gasteiger partial charge in [-0.15, -0.1) is 11.3 Å². The van der Waals surface area contributed by atoms with Gasteiger partial charge in [0.25, 0.3) is 0 Å². The van der Waals surface area contributed by atoms with Crippen molar-refractivity contribution in [2.75, 3.05) is 4.90 Å². The lowest BCUT2D eigenvalue weighted by molar-refractivity contribution is 0.0476. The van der Waals surface area contributed by atoms with Gasteiger partial charge in [0, 0.05) is 17.6 Å². The molecule has 0 aliphatic carbocycles. The van der Waals surface area contributed by atoms with Crippen LogP contribution in [-0.2, 0) is 22.4 Å². The number of nitrogens with zero attached hydrogens (tertiary/aromatic N) is 4. The number of carbonyl (C=O) groups is 2. The number of halogens is 3. The summed E-state index contributed by atoms with van der Waals surface area (Å²) in [5.74, 6) is 0. The maximum Gasteiger partial charge on any atom is 0.415 e. The van der Waals surface area contributed by atoms with Crippen LogP contribution in [0.15, 0.2) is 17.6 Å². The number of thiazole rings is 1. The molecule has 3 aromatic heterocycles. The van der Waals surface area contributed by atoms with Gasteiger partial charge in [-0.25, -0.2) is 23.5 Å². The number of amides is 2. The molecular weight excluding hydrogens is 568 g/mol. The molecule has 39 heavy (non-hydrogen) atoms. The summed E-state index contributed by atoms with van der Waals surface area (Å²) in [6.07, 6.45) is -1.08. The zero-order valence-electron chi connectivity index (χ0n) is 23.3. The minimum absolute atomic E-state index is 0.0426. The van der Waals surface area contributed by atoms with Crippen molar-refractivity contribution in [1.82, 2.24) is 19.9 Å². The van der Waals surface area contributed by atoms with Crippen molar-refractivity contribution < 1.29 is 23.5 Å². The average molecular weight is 603 g/mol. The van der Waals surface area contributed by atoms with Gasteiger partial charge >= 0.3 is 12.2 Å². The van der Waals surface area contributed by atoms with E-state index in [1.54, 1.807) is 60.7 Å². The van der Waals surface area contributed by atoms with Crippen LogP contribution in [0.1, 0.15) is 64.6 Å². The largest absolute Gasteiger partial charge is 0.444 e. The van der Waals surface area contributed by atoms with Crippen LogP contribution in [0.4, 0.5) is 19.7 Å². The normalized spacial score (nSPS) is 13.7. The molecule has 13 heteroatoms. The van der Waals surface area contributed by atoms with Gasteiger partial charge in [0.1, 0.15) is 27.5 Å². The fourth-order valence-corrected chi connectivity index (χ4v) is 4.99. The maximum absolute atomic E-state index is 14.7. The molecule has 0 aliphatic rings. The smallest absolute Gasteiger partial charge is 0.415 e. The molecular formula is C26H34Cl2FN5O4S. The van der Waals surface area contributed by atoms with E-state index in [9.17, 15) is 14.0 Å². The van der Waals surface area contributed by atoms with Gasteiger partial charge in [0.15, 0.2) is 5.15 Å². The highest BCUT2D eigenvalue weighted by atomic mass is 35.5. The number of fused-ring (bicyclic) bond motifs is 1. The average Bonchev–Trinajstić information content (AvgIpc) is 3.36. The van der Waals surface area contributed by atoms with Crippen LogP contribution in [-0.4, -0.2) is 50.2 Å². The highest BCUT2D eigenvalue weighted by molar-refractivity contribution is 7.09. The third-order valence-electron chi connectivity index (χ3n) is 5.51. The number of aromatic nitrogens is 3. The molecule has 0 spiro atoms. The lowest BCUT2D eigenvalue weighted by Gasteiger charge is -2.27. The van der Waals surface area contributed by atoms with E-state index in [1.807, 2.05) is 5.38 Å². The second kappa shape index (κ2) is 11.9. The van der Waals surface area contributed by atoms with Crippen molar-refractivity contribution in [3.05, 3.63) is 44.1 Å². The summed E-state index contributed by atoms with van der Waals surface area (Å²) in [4.78, 5) is 31.6. The molecule has 0 radical (unpaired) electrons. The van der Waals surface area contributed by atoms with Gasteiger partial charge in [0.2, 0.25) is 0 Å². The van der Waals surface area contributed by atoms with Gasteiger partial charge in [-0.1, -0.05) is 23.2 Å². The number of anilines is 1. The van der Waals surface area contributed by atoms with Crippen molar-refractivity contribution >= 4 is 57.9 Å². The van der Waals surface area contributed by atoms with Crippen LogP contribution in [0.25, 0.3) is 5.52 Å². The quantitative estimate of drug-likeness (QED) is 0.309. The number of carbonyl (C=O) groups excluding carboxylic acids is 2. The van der Waals surface area contributed by atoms with Crippen LogP contribution >= 0.6 is 34.5 Å². The molecule has 3 aromatic rings. The highest BCUT2D eigenvalue weighted by Crippen LogP contribution is 2.37. The Hall–Kier alpha value is -2.63. The molecule has 2 amide bonds. The Kier molecular flexibility index (Phi) is 9.39. The van der Waals surface area contributed by atoms with Crippen LogP contribution in [0.5, 0.6) is 0 Å². The zero-order valence-corrected chi connectivity index (χ0v) is 25.6. The monoisotopic (exact) mass is 601 g/mol. The molecule has 0 aliphatic heterocycles. The predicted molar refractivity (Wildman–Crippen MR) is 152 cm³/mol. The van der Waals surface area contributed by atoms with Crippen LogP contribution in [0.2, 0.25) is 10.3 Å². The van der Waals surface area contributed by atoms with Crippen molar-refractivity contribution in [3.63, 3.8) is 0 Å². The number of hydrogen-bond donors (Lipinski definition) is 1. The van der Waals surface area contributed by atoms with Gasteiger partial charge in [-0.3, -0.25) is 4.90 Å². The maximum atomic E-state index is 14.7. The summed E-state index contributed by atoms with van der Waals surface area (Å²) < 4.78 is 27.1. The van der Waals surface area contributed by atoms with Gasteiger partial charge in [-0.05, 0) is 72.9 Å². The predicted octanol–water partition coefficient (Wildman–Crippen LogP) is 7.14. The van der Waals surface area contributed by atoms with Crippen molar-refractivity contribution in [2.45, 2.75) is 91.8 Å². The Morgan fingerprint density at radius 1 is 1.18 bits per heavy atom. The van der Waals surface area contributed by atoms with E-state index >= 15 is 0 Å². The van der Waals surface area contributed by atoms with Crippen LogP contribution < -0.4 is 10.2 Å². The van der Waals surface area contributed by atoms with Gasteiger partial charge in [-0.2, -0.15) is 5.10 Å². The standard InChI is InChI=1S/C26H34Cl2FN5O4S/c1-14-16(11-17(15(2)29)31-23(35)37-25(3,4)5)22(28)34-21(14)18(12-19(27)32-34)33(13-20-30-9-10-39-20)24(36)38-26(6,7)8/h9-10,12,15,17H,11,13H2,1-8H3,(H,31,35)/t15-,17+/m0/s1. The van der Waals surface area contributed by atoms with Crippen molar-refractivity contribution in [3.8, 4) is 0 Å². The Morgan fingerprint density at radius 3 is 2.36 bits per heavy atom. The SMILES string of the molecule is Cc1c(C[C@@H](NC(=O)OC(C)(C)C)[C@H](C)F)c(Cl)n2nc(Cl)cc(N(Cc3nccs3)C(=O)OC(C)(C)C)c12. The van der Waals surface area contributed by atoms with Crippen molar-refractivity contribution in [1.29, 1.82) is 0 Å². The molecule has 0 bridgehead atoms. The molecule has 0 unspecified atom stereocenters. The van der Waals surface area contributed by atoms with Crippen LogP contribution in [0, 0.1) is 6.92 Å². The number of alkyl carbamates (subject to hydrolysis) is 1. The molecule has 0 saturated carbocycles. The summed E-state index contributed by atoms with van der Waals surface area (Å²) >= 11 is 14.5. The number of ether oxygens (including phenoxy) is 2. The number of nitrogens with one attached hydrogen (secondary N) is 1. The first-order valence-corrected chi connectivity index (χ1v) is 14.0. The van der Waals surface area contributed by atoms with E-state index in [4.69, 9.17) is 32.7 Å². The van der Waals surface area contributed by atoms with E-state index in [2.05, 4.69) is 15.4 Å². The molecule has 1 N–H and O–H groups in total. The number of aryl methyl sites for hydroxylation is 1. The first kappa shape index (κ1) is 30.9. The molecule has 3 heterocycles. The summed E-state index contributed by atoms with van der Waals surface area (Å²) in [6.45, 7) is 13.7. The number of hydrogen-bond acceptors (Lipinski definition) is 7. The van der Waals surface area contributed by atoms with Gasteiger partial charge in [0.05, 0.1) is 23.8 Å². The Bertz CT molecular complexity index is 1330. The van der Waals surface area contributed by atoms with E-state index in [1.165, 1.54) is 27.7 Å². The number of alkyl halides is 1. The first-order valence-electron chi connectivity index (χ1n) is 12.4. The molecule has 3 rings (SSSR count). The minimum Gasteiger partial charge on any atom is -0.444 e. The summed E-state index contributed by atoms with van der Waals surface area (Å²) in [6, 6.07) is 0.611. The second-order valence-electron chi connectivity index (χ2n) is 11.1. The highest BCUT2D eigenvalue weighted by Gasteiger charge is 2.31. The molecule has 9 nitrogen and oxygen atoms in total. The molecule has 0 fully saturated rings. The first-order chi connectivity index (χ1) is 18.0. The Labute approximate surface area is 241 Å². The number of rotatable bonds is 7. The summed E-state index contributed by atoms with van der Waals surface area (Å²) in [7, 11) is 0. The third kappa shape index (κ3) is 7.95. The van der Waals surface area contributed by atoms with E-state index in [-0.39, 0.29) is 23.3 Å². The second-order valence-corrected chi connectivity index (χ2v) is 12.9. The Morgan fingerprint density at radius 2 is 1.82 bits per heavy atom. The van der Waals surface area contributed by atoms with Crippen molar-refractivity contribution in [2.24, 2.45) is 0 Å².